The van der Waals surface area contributed by atoms with E-state index in [-0.39, 0.29) is 11.5 Å². The van der Waals surface area contributed by atoms with Crippen LogP contribution in [0.2, 0.25) is 0 Å². The van der Waals surface area contributed by atoms with Crippen molar-refractivity contribution in [3.8, 4) is 5.75 Å². The highest BCUT2D eigenvalue weighted by molar-refractivity contribution is 5.70. The molecule has 3 nitrogen and oxygen atoms in total. The number of fused-ring (bicyclic) bond motifs is 1. The predicted octanol–water partition coefficient (Wildman–Crippen LogP) is 1.78. The van der Waals surface area contributed by atoms with Gasteiger partial charge in [-0.25, -0.2) is 0 Å². The van der Waals surface area contributed by atoms with E-state index in [4.69, 9.17) is 15.2 Å². The molecular formula is C13H15NO2. The van der Waals surface area contributed by atoms with Crippen molar-refractivity contribution in [1.82, 2.24) is 0 Å². The Morgan fingerprint density at radius 2 is 2.06 bits per heavy atom. The molecule has 0 radical (unpaired) electrons. The van der Waals surface area contributed by atoms with Crippen LogP contribution in [-0.4, -0.2) is 19.3 Å². The summed E-state index contributed by atoms with van der Waals surface area (Å²) in [5, 5.41) is 0. The number of hydrogen-bond donors (Lipinski definition) is 1. The first-order chi connectivity index (χ1) is 7.69. The monoisotopic (exact) mass is 217 g/mol. The minimum Gasteiger partial charge on any atom is -0.485 e. The largest absolute Gasteiger partial charge is 0.485 e. The van der Waals surface area contributed by atoms with E-state index in [0.717, 1.165) is 30.2 Å². The maximum atomic E-state index is 6.05. The second-order valence-corrected chi connectivity index (χ2v) is 4.80. The number of benzene rings is 1. The maximum Gasteiger partial charge on any atom is 0.129 e. The molecule has 1 fully saturated rings. The molecule has 0 saturated carbocycles. The molecule has 2 aliphatic heterocycles. The molecule has 1 unspecified atom stereocenters. The molecule has 0 aliphatic carbocycles. The van der Waals surface area contributed by atoms with E-state index in [1.165, 1.54) is 0 Å². The van der Waals surface area contributed by atoms with Crippen LogP contribution >= 0.6 is 0 Å². The lowest BCUT2D eigenvalue weighted by Gasteiger charge is -2.44. The third-order valence-corrected chi connectivity index (χ3v) is 3.33. The normalized spacial score (nSPS) is 26.1. The number of nitrogens with two attached hydrogens (primary N) is 1. The quantitative estimate of drug-likeness (QED) is 0.780. The zero-order chi connectivity index (χ0) is 11.2. The lowest BCUT2D eigenvalue weighted by Crippen LogP contribution is -2.51. The van der Waals surface area contributed by atoms with E-state index in [0.29, 0.717) is 0 Å². The Morgan fingerprint density at radius 3 is 2.75 bits per heavy atom. The molecule has 0 amide bonds. The fourth-order valence-electron chi connectivity index (χ4n) is 2.16. The minimum absolute atomic E-state index is 0.0242. The fraction of sp³-hybridized carbons (Fsp3) is 0.385. The molecule has 2 N–H and O–H groups in total. The molecule has 0 aromatic heterocycles. The summed E-state index contributed by atoms with van der Waals surface area (Å²) in [6.07, 6.45) is 2.03. The molecule has 16 heavy (non-hydrogen) atoms. The van der Waals surface area contributed by atoms with Gasteiger partial charge in [-0.2, -0.15) is 0 Å². The smallest absolute Gasteiger partial charge is 0.129 e. The summed E-state index contributed by atoms with van der Waals surface area (Å²) in [6.45, 7) is 3.64. The average molecular weight is 217 g/mol. The van der Waals surface area contributed by atoms with E-state index < -0.39 is 0 Å². The highest BCUT2D eigenvalue weighted by Crippen LogP contribution is 2.39. The molecule has 84 valence electrons. The summed E-state index contributed by atoms with van der Waals surface area (Å²) in [5.74, 6) is 0.876. The zero-order valence-electron chi connectivity index (χ0n) is 9.27. The van der Waals surface area contributed by atoms with Crippen molar-refractivity contribution in [1.29, 1.82) is 0 Å². The van der Waals surface area contributed by atoms with E-state index in [1.54, 1.807) is 0 Å². The van der Waals surface area contributed by atoms with Crippen molar-refractivity contribution in [2.75, 3.05) is 13.2 Å². The first-order valence-corrected chi connectivity index (χ1v) is 5.50. The highest BCUT2D eigenvalue weighted by Gasteiger charge is 2.43. The first-order valence-electron chi connectivity index (χ1n) is 5.50. The summed E-state index contributed by atoms with van der Waals surface area (Å²) in [6, 6.07) is 7.88. The van der Waals surface area contributed by atoms with Gasteiger partial charge in [-0.15, -0.1) is 0 Å². The van der Waals surface area contributed by atoms with Gasteiger partial charge in [0.05, 0.1) is 18.6 Å². The Labute approximate surface area is 94.9 Å². The van der Waals surface area contributed by atoms with Gasteiger partial charge in [0.25, 0.3) is 0 Å². The van der Waals surface area contributed by atoms with Crippen LogP contribution in [-0.2, 0) is 4.74 Å². The van der Waals surface area contributed by atoms with Crippen molar-refractivity contribution in [2.45, 2.75) is 13.0 Å². The van der Waals surface area contributed by atoms with Crippen LogP contribution < -0.4 is 10.5 Å². The van der Waals surface area contributed by atoms with Crippen molar-refractivity contribution in [3.05, 3.63) is 35.9 Å². The van der Waals surface area contributed by atoms with Crippen LogP contribution in [0, 0.1) is 5.41 Å². The van der Waals surface area contributed by atoms with Crippen LogP contribution in [0.1, 0.15) is 12.5 Å². The summed E-state index contributed by atoms with van der Waals surface area (Å²) in [5.41, 5.74) is 7.91. The van der Waals surface area contributed by atoms with Gasteiger partial charge in [0.15, 0.2) is 0 Å². The van der Waals surface area contributed by atoms with E-state index >= 15 is 0 Å². The second-order valence-electron chi connectivity index (χ2n) is 4.80. The second kappa shape index (κ2) is 3.25. The fourth-order valence-corrected chi connectivity index (χ4v) is 2.16. The third kappa shape index (κ3) is 1.32. The molecule has 0 spiro atoms. The van der Waals surface area contributed by atoms with E-state index in [1.807, 2.05) is 30.3 Å². The number of rotatable bonds is 1. The Balaban J connectivity index is 1.96. The lowest BCUT2D eigenvalue weighted by molar-refractivity contribution is -0.141. The van der Waals surface area contributed by atoms with Gasteiger partial charge in [-0.3, -0.25) is 0 Å². The molecule has 3 heteroatoms. The highest BCUT2D eigenvalue weighted by atomic mass is 16.5. The van der Waals surface area contributed by atoms with Gasteiger partial charge >= 0.3 is 0 Å². The molecule has 1 aromatic carbocycles. The average Bonchev–Trinajstić information content (AvgIpc) is 2.26. The summed E-state index contributed by atoms with van der Waals surface area (Å²) in [7, 11) is 0. The minimum atomic E-state index is 0.0242. The van der Waals surface area contributed by atoms with Gasteiger partial charge in [-0.1, -0.05) is 19.1 Å². The number of para-hydroxylation sites is 1. The maximum absolute atomic E-state index is 6.05. The first kappa shape index (κ1) is 9.73. The Morgan fingerprint density at radius 1 is 1.31 bits per heavy atom. The third-order valence-electron chi connectivity index (χ3n) is 3.33. The number of hydrogen-bond acceptors (Lipinski definition) is 3. The van der Waals surface area contributed by atoms with Crippen molar-refractivity contribution < 1.29 is 9.47 Å². The summed E-state index contributed by atoms with van der Waals surface area (Å²) >= 11 is 0. The molecular weight excluding hydrogens is 202 g/mol. The van der Waals surface area contributed by atoms with Crippen LogP contribution in [0.25, 0.3) is 5.70 Å². The Kier molecular flexibility index (Phi) is 1.98. The molecule has 1 aromatic rings. The molecule has 1 saturated heterocycles. The Bertz CT molecular complexity index is 449. The van der Waals surface area contributed by atoms with Crippen molar-refractivity contribution >= 4 is 5.70 Å². The molecule has 3 rings (SSSR count). The van der Waals surface area contributed by atoms with Crippen molar-refractivity contribution in [2.24, 2.45) is 11.1 Å². The van der Waals surface area contributed by atoms with Crippen molar-refractivity contribution in [3.63, 3.8) is 0 Å². The lowest BCUT2D eigenvalue weighted by atomic mass is 9.80. The van der Waals surface area contributed by atoms with Crippen LogP contribution in [0.15, 0.2) is 30.3 Å². The molecule has 2 aliphatic rings. The van der Waals surface area contributed by atoms with Crippen LogP contribution in [0.3, 0.4) is 0 Å². The topological polar surface area (TPSA) is 44.5 Å². The van der Waals surface area contributed by atoms with Crippen LogP contribution in [0.5, 0.6) is 5.75 Å². The van der Waals surface area contributed by atoms with Gasteiger partial charge < -0.3 is 15.2 Å². The molecule has 1 atom stereocenters. The van der Waals surface area contributed by atoms with Gasteiger partial charge in [0, 0.05) is 11.3 Å². The van der Waals surface area contributed by atoms with E-state index in [2.05, 4.69) is 6.92 Å². The Hall–Kier alpha value is -1.48. The molecule has 2 heterocycles. The van der Waals surface area contributed by atoms with Gasteiger partial charge in [0.1, 0.15) is 11.9 Å². The number of ether oxygens (including phenoxy) is 2. The zero-order valence-corrected chi connectivity index (χ0v) is 9.27. The molecule has 0 bridgehead atoms. The van der Waals surface area contributed by atoms with Gasteiger partial charge in [-0.05, 0) is 18.2 Å². The van der Waals surface area contributed by atoms with E-state index in [9.17, 15) is 0 Å². The standard InChI is InChI=1S/C13H15NO2/c1-13(7-15-8-13)12-6-10(14)9-4-2-3-5-11(9)16-12/h2-6,12H,7-8,14H2,1H3. The summed E-state index contributed by atoms with van der Waals surface area (Å²) in [4.78, 5) is 0. The SMILES string of the molecule is CC1(C2C=C(N)c3ccccc3O2)COC1. The predicted molar refractivity (Wildman–Crippen MR) is 61.9 cm³/mol. The summed E-state index contributed by atoms with van der Waals surface area (Å²) < 4.78 is 11.2. The van der Waals surface area contributed by atoms with Gasteiger partial charge in [0.2, 0.25) is 0 Å². The van der Waals surface area contributed by atoms with Crippen LogP contribution in [0.4, 0.5) is 0 Å².